The molecule has 0 atom stereocenters. The molecule has 0 amide bonds. The SMILES string of the molecule is COC(=O)c1ccccc1Nc1nccc(NCc2ccccc2Cl)n1. The van der Waals surface area contributed by atoms with Crippen molar-refractivity contribution in [3.63, 3.8) is 0 Å². The van der Waals surface area contributed by atoms with Crippen molar-refractivity contribution in [3.05, 3.63) is 76.9 Å². The first-order valence-electron chi connectivity index (χ1n) is 7.92. The molecule has 0 saturated carbocycles. The number of rotatable bonds is 6. The van der Waals surface area contributed by atoms with Gasteiger partial charge in [0.2, 0.25) is 5.95 Å². The van der Waals surface area contributed by atoms with Crippen LogP contribution in [0, 0.1) is 0 Å². The highest BCUT2D eigenvalue weighted by Crippen LogP contribution is 2.21. The molecule has 0 fully saturated rings. The number of esters is 1. The van der Waals surface area contributed by atoms with E-state index in [1.54, 1.807) is 30.5 Å². The Hall–Kier alpha value is -3.12. The molecular weight excluding hydrogens is 352 g/mol. The quantitative estimate of drug-likeness (QED) is 0.633. The van der Waals surface area contributed by atoms with Gasteiger partial charge in [-0.3, -0.25) is 0 Å². The van der Waals surface area contributed by atoms with E-state index < -0.39 is 5.97 Å². The Morgan fingerprint density at radius 3 is 2.69 bits per heavy atom. The van der Waals surface area contributed by atoms with Crippen LogP contribution in [0.1, 0.15) is 15.9 Å². The Labute approximate surface area is 156 Å². The number of para-hydroxylation sites is 1. The van der Waals surface area contributed by atoms with E-state index in [-0.39, 0.29) is 0 Å². The summed E-state index contributed by atoms with van der Waals surface area (Å²) in [5.74, 6) is 0.574. The van der Waals surface area contributed by atoms with Gasteiger partial charge in [-0.2, -0.15) is 4.98 Å². The second-order valence-corrected chi connectivity index (χ2v) is 5.78. The van der Waals surface area contributed by atoms with Gasteiger partial charge in [0, 0.05) is 17.8 Å². The summed E-state index contributed by atoms with van der Waals surface area (Å²) in [6.45, 7) is 0.537. The summed E-state index contributed by atoms with van der Waals surface area (Å²) in [4.78, 5) is 20.5. The minimum atomic E-state index is -0.430. The van der Waals surface area contributed by atoms with Crippen molar-refractivity contribution in [1.29, 1.82) is 0 Å². The second kappa shape index (κ2) is 8.31. The van der Waals surface area contributed by atoms with Crippen LogP contribution in [-0.2, 0) is 11.3 Å². The van der Waals surface area contributed by atoms with Crippen LogP contribution in [-0.4, -0.2) is 23.0 Å². The lowest BCUT2D eigenvalue weighted by atomic mass is 10.2. The number of carbonyl (C=O) groups is 1. The number of nitrogens with zero attached hydrogens (tertiary/aromatic N) is 2. The second-order valence-electron chi connectivity index (χ2n) is 5.37. The number of anilines is 3. The molecule has 0 aliphatic rings. The van der Waals surface area contributed by atoms with Gasteiger partial charge in [0.25, 0.3) is 0 Å². The van der Waals surface area contributed by atoms with Crippen LogP contribution < -0.4 is 10.6 Å². The molecule has 0 saturated heterocycles. The van der Waals surface area contributed by atoms with E-state index in [4.69, 9.17) is 16.3 Å². The maximum atomic E-state index is 11.9. The van der Waals surface area contributed by atoms with E-state index in [0.29, 0.717) is 34.6 Å². The number of carbonyl (C=O) groups excluding carboxylic acids is 1. The molecule has 0 aliphatic heterocycles. The van der Waals surface area contributed by atoms with Crippen LogP contribution in [0.25, 0.3) is 0 Å². The highest BCUT2D eigenvalue weighted by atomic mass is 35.5. The zero-order valence-corrected chi connectivity index (χ0v) is 14.8. The summed E-state index contributed by atoms with van der Waals surface area (Å²) in [7, 11) is 1.34. The molecule has 132 valence electrons. The maximum absolute atomic E-state index is 11.9. The molecule has 0 unspecified atom stereocenters. The van der Waals surface area contributed by atoms with E-state index in [0.717, 1.165) is 5.56 Å². The highest BCUT2D eigenvalue weighted by molar-refractivity contribution is 6.31. The molecule has 0 spiro atoms. The summed E-state index contributed by atoms with van der Waals surface area (Å²) in [6, 6.07) is 16.4. The Balaban J connectivity index is 1.74. The first-order chi connectivity index (χ1) is 12.7. The van der Waals surface area contributed by atoms with Gasteiger partial charge >= 0.3 is 5.97 Å². The van der Waals surface area contributed by atoms with Crippen molar-refractivity contribution >= 4 is 35.0 Å². The van der Waals surface area contributed by atoms with Crippen LogP contribution in [0.5, 0.6) is 0 Å². The number of halogens is 1. The molecule has 0 radical (unpaired) electrons. The smallest absolute Gasteiger partial charge is 0.339 e. The fraction of sp³-hybridized carbons (Fsp3) is 0.105. The number of methoxy groups -OCH3 is 1. The van der Waals surface area contributed by atoms with Crippen LogP contribution >= 0.6 is 11.6 Å². The Morgan fingerprint density at radius 1 is 1.12 bits per heavy atom. The van der Waals surface area contributed by atoms with Gasteiger partial charge in [0.05, 0.1) is 18.4 Å². The van der Waals surface area contributed by atoms with Gasteiger partial charge in [-0.05, 0) is 29.8 Å². The number of nitrogens with one attached hydrogen (secondary N) is 2. The van der Waals surface area contributed by atoms with Gasteiger partial charge < -0.3 is 15.4 Å². The van der Waals surface area contributed by atoms with Crippen molar-refractivity contribution in [2.45, 2.75) is 6.54 Å². The van der Waals surface area contributed by atoms with E-state index in [2.05, 4.69) is 20.6 Å². The zero-order valence-electron chi connectivity index (χ0n) is 14.1. The van der Waals surface area contributed by atoms with E-state index in [1.165, 1.54) is 7.11 Å². The van der Waals surface area contributed by atoms with E-state index in [1.807, 2.05) is 30.3 Å². The molecule has 26 heavy (non-hydrogen) atoms. The van der Waals surface area contributed by atoms with E-state index >= 15 is 0 Å². The Kier molecular flexibility index (Phi) is 5.66. The van der Waals surface area contributed by atoms with Crippen molar-refractivity contribution in [2.24, 2.45) is 0 Å². The molecule has 0 aliphatic carbocycles. The number of ether oxygens (including phenoxy) is 1. The van der Waals surface area contributed by atoms with E-state index in [9.17, 15) is 4.79 Å². The molecule has 1 aromatic heterocycles. The summed E-state index contributed by atoms with van der Waals surface area (Å²) < 4.78 is 4.79. The molecule has 2 aromatic carbocycles. The number of hydrogen-bond acceptors (Lipinski definition) is 6. The lowest BCUT2D eigenvalue weighted by Crippen LogP contribution is -2.08. The third-order valence-electron chi connectivity index (χ3n) is 3.65. The van der Waals surface area contributed by atoms with Crippen molar-refractivity contribution in [1.82, 2.24) is 9.97 Å². The average Bonchev–Trinajstić information content (AvgIpc) is 2.67. The van der Waals surface area contributed by atoms with Crippen LogP contribution in [0.2, 0.25) is 5.02 Å². The van der Waals surface area contributed by atoms with Gasteiger partial charge in [0.15, 0.2) is 0 Å². The molecule has 7 heteroatoms. The van der Waals surface area contributed by atoms with Crippen molar-refractivity contribution < 1.29 is 9.53 Å². The number of hydrogen-bond donors (Lipinski definition) is 2. The predicted octanol–water partition coefficient (Wildman–Crippen LogP) is 4.27. The normalized spacial score (nSPS) is 10.2. The summed E-state index contributed by atoms with van der Waals surface area (Å²) in [5.41, 5.74) is 1.95. The van der Waals surface area contributed by atoms with Crippen molar-refractivity contribution in [3.8, 4) is 0 Å². The van der Waals surface area contributed by atoms with Crippen LogP contribution in [0.4, 0.5) is 17.5 Å². The Bertz CT molecular complexity index is 917. The minimum absolute atomic E-state index is 0.366. The Morgan fingerprint density at radius 2 is 1.88 bits per heavy atom. The monoisotopic (exact) mass is 368 g/mol. The zero-order chi connectivity index (χ0) is 18.4. The minimum Gasteiger partial charge on any atom is -0.465 e. The number of aromatic nitrogens is 2. The summed E-state index contributed by atoms with van der Waals surface area (Å²) >= 11 is 6.16. The van der Waals surface area contributed by atoms with Crippen molar-refractivity contribution in [2.75, 3.05) is 17.7 Å². The molecular formula is C19H17ClN4O2. The molecule has 2 N–H and O–H groups in total. The fourth-order valence-corrected chi connectivity index (χ4v) is 2.55. The van der Waals surface area contributed by atoms with Gasteiger partial charge in [0.1, 0.15) is 5.82 Å². The van der Waals surface area contributed by atoms with Crippen LogP contribution in [0.15, 0.2) is 60.8 Å². The summed E-state index contributed by atoms with van der Waals surface area (Å²) in [5, 5.41) is 6.95. The molecule has 1 heterocycles. The first kappa shape index (κ1) is 17.7. The standard InChI is InChI=1S/C19H17ClN4O2/c1-26-18(25)14-7-3-5-9-16(14)23-19-21-11-10-17(24-19)22-12-13-6-2-4-8-15(13)20/h2-11H,12H2,1H3,(H2,21,22,23,24). The van der Waals surface area contributed by atoms with Gasteiger partial charge in [-0.15, -0.1) is 0 Å². The average molecular weight is 369 g/mol. The molecule has 3 rings (SSSR count). The third-order valence-corrected chi connectivity index (χ3v) is 4.02. The fourth-order valence-electron chi connectivity index (χ4n) is 2.35. The third kappa shape index (κ3) is 4.29. The highest BCUT2D eigenvalue weighted by Gasteiger charge is 2.12. The molecule has 0 bridgehead atoms. The number of benzene rings is 2. The first-order valence-corrected chi connectivity index (χ1v) is 8.30. The van der Waals surface area contributed by atoms with Gasteiger partial charge in [-0.1, -0.05) is 41.9 Å². The lowest BCUT2D eigenvalue weighted by Gasteiger charge is -2.11. The molecule has 3 aromatic rings. The van der Waals surface area contributed by atoms with Crippen LogP contribution in [0.3, 0.4) is 0 Å². The lowest BCUT2D eigenvalue weighted by molar-refractivity contribution is 0.0602. The molecule has 6 nitrogen and oxygen atoms in total. The topological polar surface area (TPSA) is 76.1 Å². The maximum Gasteiger partial charge on any atom is 0.339 e. The van der Waals surface area contributed by atoms with Gasteiger partial charge in [-0.25, -0.2) is 9.78 Å². The summed E-state index contributed by atoms with van der Waals surface area (Å²) in [6.07, 6.45) is 1.63. The predicted molar refractivity (Wildman–Crippen MR) is 102 cm³/mol. The largest absolute Gasteiger partial charge is 0.465 e.